The molecule has 0 unspecified atom stereocenters. The topological polar surface area (TPSA) is 106 Å². The third-order valence-electron chi connectivity index (χ3n) is 8.83. The van der Waals surface area contributed by atoms with E-state index in [0.29, 0.717) is 50.8 Å². The van der Waals surface area contributed by atoms with Gasteiger partial charge in [0.2, 0.25) is 5.91 Å². The first-order valence-electron chi connectivity index (χ1n) is 14.4. The maximum atomic E-state index is 14.1. The van der Waals surface area contributed by atoms with Gasteiger partial charge in [-0.1, -0.05) is 27.7 Å². The number of carbonyl (C=O) groups excluding carboxylic acids is 2. The fraction of sp³-hybridized carbons (Fsp3) is 0.759. The Morgan fingerprint density at radius 1 is 1.05 bits per heavy atom. The number of carboxylic acid groups (broad SMARTS) is 1. The Balaban J connectivity index is 1.33. The van der Waals surface area contributed by atoms with E-state index in [4.69, 9.17) is 14.2 Å². The molecular weight excluding hydrogens is 520 g/mol. The van der Waals surface area contributed by atoms with Crippen LogP contribution >= 0.6 is 11.3 Å². The van der Waals surface area contributed by atoms with Gasteiger partial charge in [-0.15, -0.1) is 11.3 Å². The molecule has 1 aromatic heterocycles. The molecule has 0 spiro atoms. The molecule has 1 aliphatic carbocycles. The van der Waals surface area contributed by atoms with Crippen LogP contribution in [0.3, 0.4) is 0 Å². The highest BCUT2D eigenvalue weighted by molar-refractivity contribution is 7.14. The molecule has 0 radical (unpaired) electrons. The molecule has 3 aliphatic heterocycles. The highest BCUT2D eigenvalue weighted by Gasteiger charge is 2.45. The highest BCUT2D eigenvalue weighted by atomic mass is 32.1. The molecule has 4 aliphatic rings. The van der Waals surface area contributed by atoms with Crippen molar-refractivity contribution in [3.8, 4) is 0 Å². The first kappa shape index (κ1) is 28.4. The number of aromatic carboxylic acids is 1. The summed E-state index contributed by atoms with van der Waals surface area (Å²) >= 11 is 1.26. The van der Waals surface area contributed by atoms with E-state index in [0.717, 1.165) is 37.0 Å². The maximum Gasteiger partial charge on any atom is 0.410 e. The third kappa shape index (κ3) is 5.98. The number of carboxylic acids is 1. The van der Waals surface area contributed by atoms with Crippen LogP contribution in [-0.2, 0) is 24.4 Å². The van der Waals surface area contributed by atoms with Gasteiger partial charge in [0.1, 0.15) is 11.0 Å². The smallest absolute Gasteiger partial charge is 0.410 e. The standard InChI is InChI=1S/C29H42N2O7S/c1-17-5-7-18(8-6-17)25(32)31(21-15-23(29(2,3)4)39-24(21)26(33)34)19-9-12-30(13-10-19)28(35)38-22-16-37-27-20(22)11-14-36-27/h15,17-20,22,27H,5-14,16H2,1-4H3,(H,33,34)/t17?,18?,20-,22-,27+/m0/s1. The van der Waals surface area contributed by atoms with E-state index in [-0.39, 0.29) is 52.6 Å². The number of thiophene rings is 1. The monoisotopic (exact) mass is 562 g/mol. The Kier molecular flexibility index (Phi) is 8.27. The number of piperidine rings is 1. The minimum atomic E-state index is -1.01. The number of nitrogens with zero attached hydrogens (tertiary/aromatic N) is 2. The summed E-state index contributed by atoms with van der Waals surface area (Å²) < 4.78 is 17.0. The summed E-state index contributed by atoms with van der Waals surface area (Å²) in [4.78, 5) is 44.1. The number of hydrogen-bond acceptors (Lipinski definition) is 7. The highest BCUT2D eigenvalue weighted by Crippen LogP contribution is 2.41. The zero-order valence-corrected chi connectivity index (χ0v) is 24.3. The lowest BCUT2D eigenvalue weighted by Gasteiger charge is -2.40. The SMILES string of the molecule is CC1CCC(C(=O)N(c2cc(C(C)(C)C)sc2C(=O)O)C2CCN(C(=O)O[C@H]3CO[C@H]4OCC[C@H]43)CC2)CC1. The predicted molar refractivity (Wildman–Crippen MR) is 147 cm³/mol. The van der Waals surface area contributed by atoms with Crippen molar-refractivity contribution in [3.05, 3.63) is 15.8 Å². The lowest BCUT2D eigenvalue weighted by atomic mass is 9.82. The van der Waals surface area contributed by atoms with Crippen LogP contribution in [0.1, 0.15) is 87.2 Å². The average Bonchev–Trinajstić information content (AvgIpc) is 3.62. The molecular formula is C29H42N2O7S. The summed E-state index contributed by atoms with van der Waals surface area (Å²) in [5.74, 6) is -0.388. The zero-order valence-electron chi connectivity index (χ0n) is 23.5. The lowest BCUT2D eigenvalue weighted by molar-refractivity contribution is -0.124. The Labute approximate surface area is 234 Å². The Bertz CT molecular complexity index is 1070. The molecule has 1 aromatic rings. The second-order valence-corrected chi connectivity index (χ2v) is 13.8. The van der Waals surface area contributed by atoms with Crippen LogP contribution in [0.5, 0.6) is 0 Å². The molecule has 216 valence electrons. The first-order chi connectivity index (χ1) is 18.5. The van der Waals surface area contributed by atoms with Gasteiger partial charge in [0.25, 0.3) is 0 Å². The van der Waals surface area contributed by atoms with Gasteiger partial charge in [0.05, 0.1) is 24.8 Å². The van der Waals surface area contributed by atoms with Crippen molar-refractivity contribution in [3.63, 3.8) is 0 Å². The zero-order chi connectivity index (χ0) is 27.9. The summed E-state index contributed by atoms with van der Waals surface area (Å²) in [6, 6.07) is 1.74. The second-order valence-electron chi connectivity index (χ2n) is 12.7. The molecule has 3 atom stereocenters. The number of hydrogen-bond donors (Lipinski definition) is 1. The molecule has 2 amide bonds. The summed E-state index contributed by atoms with van der Waals surface area (Å²) in [7, 11) is 0. The molecule has 9 nitrogen and oxygen atoms in total. The molecule has 5 rings (SSSR count). The molecule has 0 aromatic carbocycles. The summed E-state index contributed by atoms with van der Waals surface area (Å²) in [6.07, 6.45) is 4.71. The average molecular weight is 563 g/mol. The molecule has 0 bridgehead atoms. The molecule has 39 heavy (non-hydrogen) atoms. The van der Waals surface area contributed by atoms with Crippen molar-refractivity contribution in [2.75, 3.05) is 31.2 Å². The number of amides is 2. The van der Waals surface area contributed by atoms with Crippen molar-refractivity contribution < 1.29 is 33.7 Å². The normalized spacial score (nSPS) is 29.7. The van der Waals surface area contributed by atoms with Crippen molar-refractivity contribution >= 4 is 35.0 Å². The fourth-order valence-corrected chi connectivity index (χ4v) is 7.39. The van der Waals surface area contributed by atoms with Crippen LogP contribution in [0.4, 0.5) is 10.5 Å². The quantitative estimate of drug-likeness (QED) is 0.521. The lowest BCUT2D eigenvalue weighted by Crippen LogP contribution is -2.51. The van der Waals surface area contributed by atoms with Crippen molar-refractivity contribution in [2.45, 2.75) is 96.5 Å². The van der Waals surface area contributed by atoms with Crippen LogP contribution in [0.15, 0.2) is 6.07 Å². The first-order valence-corrected chi connectivity index (χ1v) is 15.2. The van der Waals surface area contributed by atoms with Crippen LogP contribution < -0.4 is 4.90 Å². The van der Waals surface area contributed by atoms with Gasteiger partial charge < -0.3 is 29.1 Å². The van der Waals surface area contributed by atoms with E-state index < -0.39 is 5.97 Å². The van der Waals surface area contributed by atoms with Crippen molar-refractivity contribution in [1.82, 2.24) is 4.90 Å². The Morgan fingerprint density at radius 3 is 2.38 bits per heavy atom. The summed E-state index contributed by atoms with van der Waals surface area (Å²) in [5.41, 5.74) is 0.278. The number of rotatable bonds is 5. The molecule has 4 fully saturated rings. The number of likely N-dealkylation sites (tertiary alicyclic amines) is 1. The molecule has 4 heterocycles. The molecule has 1 saturated carbocycles. The van der Waals surface area contributed by atoms with Gasteiger partial charge in [-0.3, -0.25) is 4.79 Å². The van der Waals surface area contributed by atoms with Gasteiger partial charge >= 0.3 is 12.1 Å². The van der Waals surface area contributed by atoms with Gasteiger partial charge in [0.15, 0.2) is 6.29 Å². The summed E-state index contributed by atoms with van der Waals surface area (Å²) in [6.45, 7) is 10.3. The predicted octanol–water partition coefficient (Wildman–Crippen LogP) is 5.27. The second kappa shape index (κ2) is 11.4. The third-order valence-corrected chi connectivity index (χ3v) is 10.4. The minimum Gasteiger partial charge on any atom is -0.477 e. The van der Waals surface area contributed by atoms with E-state index in [2.05, 4.69) is 27.7 Å². The van der Waals surface area contributed by atoms with Gasteiger partial charge in [-0.25, -0.2) is 9.59 Å². The van der Waals surface area contributed by atoms with Gasteiger partial charge in [-0.2, -0.15) is 0 Å². The van der Waals surface area contributed by atoms with Crippen molar-refractivity contribution in [2.24, 2.45) is 17.8 Å². The van der Waals surface area contributed by atoms with Gasteiger partial charge in [-0.05, 0) is 62.3 Å². The number of ether oxygens (including phenoxy) is 3. The van der Waals surface area contributed by atoms with E-state index >= 15 is 0 Å². The fourth-order valence-electron chi connectivity index (χ4n) is 6.34. The van der Waals surface area contributed by atoms with Gasteiger partial charge in [0, 0.05) is 29.9 Å². The maximum absolute atomic E-state index is 14.1. The number of carbonyl (C=O) groups is 3. The van der Waals surface area contributed by atoms with Crippen LogP contribution in [-0.4, -0.2) is 72.7 Å². The van der Waals surface area contributed by atoms with Crippen LogP contribution in [0.2, 0.25) is 0 Å². The van der Waals surface area contributed by atoms with Crippen molar-refractivity contribution in [1.29, 1.82) is 0 Å². The van der Waals surface area contributed by atoms with E-state index in [9.17, 15) is 19.5 Å². The molecule has 1 N–H and O–H groups in total. The largest absolute Gasteiger partial charge is 0.477 e. The molecule has 3 saturated heterocycles. The van der Waals surface area contributed by atoms with E-state index in [1.54, 1.807) is 9.80 Å². The Hall–Kier alpha value is -2.17. The number of anilines is 1. The molecule has 10 heteroatoms. The van der Waals surface area contributed by atoms with E-state index in [1.165, 1.54) is 11.3 Å². The minimum absolute atomic E-state index is 0.0269. The van der Waals surface area contributed by atoms with Crippen LogP contribution in [0.25, 0.3) is 0 Å². The van der Waals surface area contributed by atoms with E-state index in [1.807, 2.05) is 6.07 Å². The Morgan fingerprint density at radius 2 is 1.74 bits per heavy atom. The summed E-state index contributed by atoms with van der Waals surface area (Å²) in [5, 5.41) is 10.1. The van der Waals surface area contributed by atoms with Crippen LogP contribution in [0, 0.1) is 17.8 Å². The number of fused-ring (bicyclic) bond motifs is 1.